The molecule has 0 saturated heterocycles. The lowest BCUT2D eigenvalue weighted by atomic mass is 10.0. The highest BCUT2D eigenvalue weighted by molar-refractivity contribution is 5.83. The van der Waals surface area contributed by atoms with Gasteiger partial charge in [0.25, 0.3) is 5.56 Å². The number of H-pyrrole nitrogens is 1. The third-order valence-corrected chi connectivity index (χ3v) is 4.06. The number of carbonyl (C=O) groups is 3. The quantitative estimate of drug-likeness (QED) is 0.541. The molecule has 1 aromatic rings. The lowest BCUT2D eigenvalue weighted by molar-refractivity contribution is -0.152. The number of amides is 2. The van der Waals surface area contributed by atoms with Gasteiger partial charge in [-0.15, -0.1) is 0 Å². The van der Waals surface area contributed by atoms with Gasteiger partial charge in [0, 0.05) is 24.8 Å². The third-order valence-electron chi connectivity index (χ3n) is 4.06. The summed E-state index contributed by atoms with van der Waals surface area (Å²) >= 11 is 0. The molecule has 0 radical (unpaired) electrons. The lowest BCUT2D eigenvalue weighted by Crippen LogP contribution is -2.52. The van der Waals surface area contributed by atoms with Crippen molar-refractivity contribution in [1.29, 1.82) is 0 Å². The van der Waals surface area contributed by atoms with Gasteiger partial charge in [0.1, 0.15) is 18.2 Å². The molecular weight excluding hydrogens is 396 g/mol. The van der Waals surface area contributed by atoms with Crippen molar-refractivity contribution in [2.45, 2.75) is 59.7 Å². The number of hydrogen-bond donors (Lipinski definition) is 3. The zero-order valence-corrected chi connectivity index (χ0v) is 18.1. The summed E-state index contributed by atoms with van der Waals surface area (Å²) in [5.74, 6) is -2.28. The number of rotatable bonds is 8. The summed E-state index contributed by atoms with van der Waals surface area (Å²) in [6, 6.07) is -1.17. The van der Waals surface area contributed by atoms with Gasteiger partial charge in [-0.3, -0.25) is 19.1 Å². The Kier molecular flexibility index (Phi) is 8.38. The minimum Gasteiger partial charge on any atom is -0.480 e. The van der Waals surface area contributed by atoms with E-state index in [0.29, 0.717) is 0 Å². The maximum atomic E-state index is 12.9. The maximum absolute atomic E-state index is 12.9. The fourth-order valence-electron chi connectivity index (χ4n) is 2.76. The molecule has 0 aliphatic carbocycles. The van der Waals surface area contributed by atoms with E-state index in [4.69, 9.17) is 4.74 Å². The number of ether oxygens (including phenoxy) is 1. The van der Waals surface area contributed by atoms with Crippen molar-refractivity contribution in [3.8, 4) is 0 Å². The van der Waals surface area contributed by atoms with Crippen LogP contribution in [0.25, 0.3) is 0 Å². The number of carbonyl (C=O) groups excluding carboxylic acids is 2. The van der Waals surface area contributed by atoms with Gasteiger partial charge in [0.05, 0.1) is 0 Å². The predicted octanol–water partition coefficient (Wildman–Crippen LogP) is 0.308. The van der Waals surface area contributed by atoms with E-state index in [1.54, 1.807) is 34.6 Å². The number of aromatic amines is 1. The second kappa shape index (κ2) is 10.1. The van der Waals surface area contributed by atoms with E-state index in [9.17, 15) is 29.1 Å². The van der Waals surface area contributed by atoms with E-state index in [1.165, 1.54) is 13.1 Å². The van der Waals surface area contributed by atoms with Crippen LogP contribution in [0.1, 0.15) is 40.2 Å². The molecule has 168 valence electrons. The summed E-state index contributed by atoms with van der Waals surface area (Å²) in [5, 5.41) is 12.1. The highest BCUT2D eigenvalue weighted by Crippen LogP contribution is 2.12. The van der Waals surface area contributed by atoms with Gasteiger partial charge in [0.15, 0.2) is 0 Å². The fourth-order valence-corrected chi connectivity index (χ4v) is 2.76. The van der Waals surface area contributed by atoms with E-state index >= 15 is 0 Å². The number of carboxylic acids is 1. The lowest BCUT2D eigenvalue weighted by Gasteiger charge is -2.32. The van der Waals surface area contributed by atoms with Crippen molar-refractivity contribution in [2.24, 2.45) is 5.92 Å². The first-order chi connectivity index (χ1) is 13.7. The highest BCUT2D eigenvalue weighted by atomic mass is 16.6. The number of carboxylic acid groups (broad SMARTS) is 1. The summed E-state index contributed by atoms with van der Waals surface area (Å²) in [7, 11) is 0. The third kappa shape index (κ3) is 7.37. The molecule has 1 aromatic heterocycles. The summed E-state index contributed by atoms with van der Waals surface area (Å²) < 4.78 is 6.13. The number of nitrogens with one attached hydrogen (secondary N) is 2. The second-order valence-electron chi connectivity index (χ2n) is 8.24. The second-order valence-corrected chi connectivity index (χ2v) is 8.24. The summed E-state index contributed by atoms with van der Waals surface area (Å²) in [5.41, 5.74) is -1.81. The van der Waals surface area contributed by atoms with Crippen LogP contribution >= 0.6 is 0 Å². The van der Waals surface area contributed by atoms with Gasteiger partial charge in [0.2, 0.25) is 5.91 Å². The monoisotopic (exact) mass is 426 g/mol. The molecule has 0 bridgehead atoms. The van der Waals surface area contributed by atoms with E-state index in [1.807, 2.05) is 0 Å². The van der Waals surface area contributed by atoms with E-state index in [0.717, 1.165) is 9.47 Å². The van der Waals surface area contributed by atoms with Crippen molar-refractivity contribution < 1.29 is 24.2 Å². The first-order valence-corrected chi connectivity index (χ1v) is 9.52. The Morgan fingerprint density at radius 2 is 1.87 bits per heavy atom. The van der Waals surface area contributed by atoms with Crippen molar-refractivity contribution in [2.75, 3.05) is 13.1 Å². The SMILES string of the molecule is Cc1cn(CC(=O)N(CCNC(=O)OC(C)(C)C)[C@H](C(=O)O)C(C)C)c(=O)[nH]c1=O. The van der Waals surface area contributed by atoms with Gasteiger partial charge in [-0.1, -0.05) is 13.8 Å². The van der Waals surface area contributed by atoms with Crippen LogP contribution in [0.5, 0.6) is 0 Å². The topological polar surface area (TPSA) is 151 Å². The molecule has 1 heterocycles. The van der Waals surface area contributed by atoms with E-state index in [2.05, 4.69) is 10.3 Å². The summed E-state index contributed by atoms with van der Waals surface area (Å²) in [6.45, 7) is 9.27. The normalized spacial score (nSPS) is 12.4. The Bertz CT molecular complexity index is 895. The summed E-state index contributed by atoms with van der Waals surface area (Å²) in [4.78, 5) is 63.1. The molecule has 2 amide bonds. The van der Waals surface area contributed by atoms with Crippen molar-refractivity contribution in [3.63, 3.8) is 0 Å². The van der Waals surface area contributed by atoms with Gasteiger partial charge in [-0.25, -0.2) is 14.4 Å². The molecule has 1 atom stereocenters. The molecule has 3 N–H and O–H groups in total. The number of aliphatic carboxylic acids is 1. The highest BCUT2D eigenvalue weighted by Gasteiger charge is 2.32. The molecule has 0 aromatic carbocycles. The smallest absolute Gasteiger partial charge is 0.407 e. The predicted molar refractivity (Wildman–Crippen MR) is 108 cm³/mol. The van der Waals surface area contributed by atoms with Crippen LogP contribution < -0.4 is 16.6 Å². The van der Waals surface area contributed by atoms with Crippen molar-refractivity contribution >= 4 is 18.0 Å². The Hall–Kier alpha value is -3.11. The van der Waals surface area contributed by atoms with Gasteiger partial charge in [-0.2, -0.15) is 0 Å². The zero-order chi connectivity index (χ0) is 23.2. The van der Waals surface area contributed by atoms with Crippen LogP contribution in [0.15, 0.2) is 15.8 Å². The van der Waals surface area contributed by atoms with Gasteiger partial charge in [-0.05, 0) is 33.6 Å². The Labute approximate surface area is 174 Å². The molecule has 11 nitrogen and oxygen atoms in total. The number of aromatic nitrogens is 2. The molecule has 0 unspecified atom stereocenters. The Morgan fingerprint density at radius 1 is 1.27 bits per heavy atom. The average Bonchev–Trinajstić information content (AvgIpc) is 2.56. The van der Waals surface area contributed by atoms with Crippen LogP contribution in [0.2, 0.25) is 0 Å². The van der Waals surface area contributed by atoms with Crippen LogP contribution in [0, 0.1) is 12.8 Å². The molecule has 11 heteroatoms. The van der Waals surface area contributed by atoms with Gasteiger partial charge < -0.3 is 20.1 Å². The Balaban J connectivity index is 3.03. The largest absolute Gasteiger partial charge is 0.480 e. The fraction of sp³-hybridized carbons (Fsp3) is 0.632. The van der Waals surface area contributed by atoms with E-state index < -0.39 is 53.3 Å². The first-order valence-electron chi connectivity index (χ1n) is 9.52. The van der Waals surface area contributed by atoms with Crippen LogP contribution in [0.4, 0.5) is 4.79 Å². The number of nitrogens with zero attached hydrogens (tertiary/aromatic N) is 2. The minimum absolute atomic E-state index is 0.0449. The molecule has 0 saturated carbocycles. The van der Waals surface area contributed by atoms with Crippen molar-refractivity contribution in [3.05, 3.63) is 32.6 Å². The first kappa shape index (κ1) is 24.9. The zero-order valence-electron chi connectivity index (χ0n) is 18.1. The molecule has 0 fully saturated rings. The maximum Gasteiger partial charge on any atom is 0.407 e. The molecule has 0 aliphatic rings. The van der Waals surface area contributed by atoms with Crippen LogP contribution in [-0.2, 0) is 20.9 Å². The molecule has 0 aliphatic heterocycles. The standard InChI is InChI=1S/C19H30N4O7/c1-11(2)14(16(26)27)23(8-7-20-18(29)30-19(4,5)6)13(24)10-22-9-12(3)15(25)21-17(22)28/h9,11,14H,7-8,10H2,1-6H3,(H,20,29)(H,26,27)(H,21,25,28)/t14-/m0/s1. The molecular formula is C19H30N4O7. The van der Waals surface area contributed by atoms with Crippen LogP contribution in [-0.4, -0.2) is 62.3 Å². The van der Waals surface area contributed by atoms with Gasteiger partial charge >= 0.3 is 17.8 Å². The average molecular weight is 426 g/mol. The summed E-state index contributed by atoms with van der Waals surface area (Å²) in [6.07, 6.45) is 0.542. The number of aryl methyl sites for hydroxylation is 1. The molecule has 0 spiro atoms. The number of alkyl carbamates (subject to hydrolysis) is 1. The minimum atomic E-state index is -1.21. The van der Waals surface area contributed by atoms with E-state index in [-0.39, 0.29) is 18.7 Å². The molecule has 30 heavy (non-hydrogen) atoms. The van der Waals surface area contributed by atoms with Crippen molar-refractivity contribution in [1.82, 2.24) is 19.8 Å². The van der Waals surface area contributed by atoms with Crippen LogP contribution in [0.3, 0.4) is 0 Å². The Morgan fingerprint density at radius 3 is 2.37 bits per heavy atom. The number of hydrogen-bond acceptors (Lipinski definition) is 6. The molecule has 1 rings (SSSR count).